The van der Waals surface area contributed by atoms with Crippen LogP contribution in [0, 0.1) is 17.8 Å². The third-order valence-corrected chi connectivity index (χ3v) is 5.69. The standard InChI is InChI=1S/C19H24N4O/c1-13(18-10-14-7-8-15(18)9-14)21-19(24)11-16-12-20-23(22-16)17-5-3-2-4-6-17/h2-6,12-15,18H,7-11H2,1H3,(H,21,24)/t13-,14-,15-,18+/m0/s1. The van der Waals surface area contributed by atoms with Crippen LogP contribution in [0.1, 0.15) is 38.3 Å². The van der Waals surface area contributed by atoms with Gasteiger partial charge in [0.15, 0.2) is 0 Å². The van der Waals surface area contributed by atoms with Gasteiger partial charge in [0.2, 0.25) is 5.91 Å². The fourth-order valence-electron chi connectivity index (χ4n) is 4.54. The summed E-state index contributed by atoms with van der Waals surface area (Å²) in [6.45, 7) is 2.16. The van der Waals surface area contributed by atoms with E-state index in [4.69, 9.17) is 0 Å². The van der Waals surface area contributed by atoms with Crippen LogP contribution < -0.4 is 5.32 Å². The number of carbonyl (C=O) groups excluding carboxylic acids is 1. The summed E-state index contributed by atoms with van der Waals surface area (Å²) in [6, 6.07) is 10.0. The Bertz CT molecular complexity index is 711. The Morgan fingerprint density at radius 2 is 2.12 bits per heavy atom. The second kappa shape index (κ2) is 6.38. The Morgan fingerprint density at radius 3 is 2.83 bits per heavy atom. The molecule has 0 spiro atoms. The lowest BCUT2D eigenvalue weighted by Crippen LogP contribution is -2.40. The fourth-order valence-corrected chi connectivity index (χ4v) is 4.54. The molecule has 5 heteroatoms. The maximum Gasteiger partial charge on any atom is 0.226 e. The zero-order chi connectivity index (χ0) is 16.5. The van der Waals surface area contributed by atoms with Crippen molar-refractivity contribution in [3.63, 3.8) is 0 Å². The smallest absolute Gasteiger partial charge is 0.226 e. The number of nitrogens with one attached hydrogen (secondary N) is 1. The molecule has 2 aliphatic rings. The van der Waals surface area contributed by atoms with Crippen molar-refractivity contribution in [2.75, 3.05) is 0 Å². The van der Waals surface area contributed by atoms with Crippen molar-refractivity contribution < 1.29 is 4.79 Å². The minimum absolute atomic E-state index is 0.0467. The molecule has 0 radical (unpaired) electrons. The minimum atomic E-state index is 0.0467. The maximum absolute atomic E-state index is 12.3. The van der Waals surface area contributed by atoms with E-state index in [0.29, 0.717) is 11.6 Å². The van der Waals surface area contributed by atoms with Gasteiger partial charge in [-0.1, -0.05) is 24.6 Å². The van der Waals surface area contributed by atoms with Crippen LogP contribution in [0.5, 0.6) is 0 Å². The number of nitrogens with zero attached hydrogens (tertiary/aromatic N) is 3. The molecule has 1 amide bonds. The lowest BCUT2D eigenvalue weighted by Gasteiger charge is -2.28. The highest BCUT2D eigenvalue weighted by atomic mass is 16.1. The quantitative estimate of drug-likeness (QED) is 0.920. The van der Waals surface area contributed by atoms with Gasteiger partial charge in [0.1, 0.15) is 0 Å². The van der Waals surface area contributed by atoms with E-state index in [9.17, 15) is 4.79 Å². The first-order valence-corrected chi connectivity index (χ1v) is 8.95. The molecule has 126 valence electrons. The van der Waals surface area contributed by atoms with Crippen molar-refractivity contribution in [3.8, 4) is 5.69 Å². The molecule has 2 aromatic rings. The molecule has 2 saturated carbocycles. The van der Waals surface area contributed by atoms with Gasteiger partial charge in [-0.25, -0.2) is 0 Å². The van der Waals surface area contributed by atoms with E-state index in [2.05, 4.69) is 22.4 Å². The van der Waals surface area contributed by atoms with Gasteiger partial charge in [0.05, 0.1) is 24.0 Å². The lowest BCUT2D eigenvalue weighted by molar-refractivity contribution is -0.121. The Morgan fingerprint density at radius 1 is 1.29 bits per heavy atom. The molecule has 0 unspecified atom stereocenters. The van der Waals surface area contributed by atoms with E-state index < -0.39 is 0 Å². The number of hydrogen-bond acceptors (Lipinski definition) is 3. The second-order valence-electron chi connectivity index (χ2n) is 7.33. The molecular formula is C19H24N4O. The summed E-state index contributed by atoms with van der Waals surface area (Å²) in [5.41, 5.74) is 1.61. The number of hydrogen-bond donors (Lipinski definition) is 1. The number of para-hydroxylation sites is 1. The summed E-state index contributed by atoms with van der Waals surface area (Å²) in [7, 11) is 0. The second-order valence-corrected chi connectivity index (χ2v) is 7.33. The van der Waals surface area contributed by atoms with Crippen molar-refractivity contribution in [1.82, 2.24) is 20.3 Å². The normalized spacial score (nSPS) is 26.5. The van der Waals surface area contributed by atoms with Crippen molar-refractivity contribution in [3.05, 3.63) is 42.2 Å². The van der Waals surface area contributed by atoms with Gasteiger partial charge in [0, 0.05) is 6.04 Å². The summed E-state index contributed by atoms with van der Waals surface area (Å²) >= 11 is 0. The van der Waals surface area contributed by atoms with E-state index >= 15 is 0 Å². The van der Waals surface area contributed by atoms with Crippen molar-refractivity contribution >= 4 is 5.91 Å². The zero-order valence-electron chi connectivity index (χ0n) is 14.1. The Hall–Kier alpha value is -2.17. The molecule has 4 rings (SSSR count). The number of carbonyl (C=O) groups is 1. The third kappa shape index (κ3) is 3.07. The van der Waals surface area contributed by atoms with E-state index in [-0.39, 0.29) is 18.4 Å². The molecule has 5 nitrogen and oxygen atoms in total. The van der Waals surface area contributed by atoms with E-state index in [1.165, 1.54) is 25.7 Å². The van der Waals surface area contributed by atoms with Crippen LogP contribution in [0.2, 0.25) is 0 Å². The minimum Gasteiger partial charge on any atom is -0.353 e. The van der Waals surface area contributed by atoms with Gasteiger partial charge in [-0.3, -0.25) is 4.79 Å². The molecule has 4 atom stereocenters. The first-order valence-electron chi connectivity index (χ1n) is 8.95. The average molecular weight is 324 g/mol. The van der Waals surface area contributed by atoms with Crippen molar-refractivity contribution in [2.24, 2.45) is 17.8 Å². The molecule has 2 aliphatic carbocycles. The summed E-state index contributed by atoms with van der Waals surface area (Å²) in [5.74, 6) is 2.44. The summed E-state index contributed by atoms with van der Waals surface area (Å²) in [5, 5.41) is 11.8. The molecule has 0 saturated heterocycles. The monoisotopic (exact) mass is 324 g/mol. The number of benzene rings is 1. The largest absolute Gasteiger partial charge is 0.353 e. The Labute approximate surface area is 142 Å². The average Bonchev–Trinajstić information content (AvgIpc) is 3.32. The van der Waals surface area contributed by atoms with Crippen molar-refractivity contribution in [1.29, 1.82) is 0 Å². The van der Waals surface area contributed by atoms with Gasteiger partial charge in [-0.2, -0.15) is 15.0 Å². The topological polar surface area (TPSA) is 59.8 Å². The molecule has 1 N–H and O–H groups in total. The zero-order valence-corrected chi connectivity index (χ0v) is 14.1. The van der Waals surface area contributed by atoms with Crippen LogP contribution in [0.4, 0.5) is 0 Å². The number of aromatic nitrogens is 3. The Kier molecular flexibility index (Phi) is 4.08. The molecule has 0 aliphatic heterocycles. The molecule has 1 aromatic carbocycles. The SMILES string of the molecule is C[C@H](NC(=O)Cc1cnn(-c2ccccc2)n1)[C@H]1C[C@H]2CC[C@H]1C2. The summed E-state index contributed by atoms with van der Waals surface area (Å²) in [6.07, 6.45) is 7.37. The first-order chi connectivity index (χ1) is 11.7. The maximum atomic E-state index is 12.3. The van der Waals surface area contributed by atoms with Crippen LogP contribution in [0.15, 0.2) is 36.5 Å². The van der Waals surface area contributed by atoms with Gasteiger partial charge in [-0.15, -0.1) is 0 Å². The Balaban J connectivity index is 1.34. The van der Waals surface area contributed by atoms with Gasteiger partial charge in [-0.05, 0) is 56.1 Å². The van der Waals surface area contributed by atoms with Crippen LogP contribution in [0.3, 0.4) is 0 Å². The molecular weight excluding hydrogens is 300 g/mol. The predicted molar refractivity (Wildman–Crippen MR) is 91.6 cm³/mol. The highest BCUT2D eigenvalue weighted by molar-refractivity contribution is 5.78. The molecule has 2 bridgehead atoms. The number of amides is 1. The summed E-state index contributed by atoms with van der Waals surface area (Å²) < 4.78 is 0. The fraction of sp³-hybridized carbons (Fsp3) is 0.526. The van der Waals surface area contributed by atoms with Gasteiger partial charge in [0.25, 0.3) is 0 Å². The number of fused-ring (bicyclic) bond motifs is 2. The van der Waals surface area contributed by atoms with Crippen LogP contribution in [0.25, 0.3) is 5.69 Å². The molecule has 1 aromatic heterocycles. The van der Waals surface area contributed by atoms with Gasteiger partial charge < -0.3 is 5.32 Å². The molecule has 2 fully saturated rings. The first kappa shape index (κ1) is 15.4. The predicted octanol–water partition coefficient (Wildman–Crippen LogP) is 2.75. The highest BCUT2D eigenvalue weighted by Crippen LogP contribution is 2.49. The summed E-state index contributed by atoms with van der Waals surface area (Å²) in [4.78, 5) is 13.9. The lowest BCUT2D eigenvalue weighted by atomic mass is 9.84. The van der Waals surface area contributed by atoms with Crippen molar-refractivity contribution in [2.45, 2.75) is 45.1 Å². The molecule has 1 heterocycles. The van der Waals surface area contributed by atoms with Crippen LogP contribution >= 0.6 is 0 Å². The van der Waals surface area contributed by atoms with E-state index in [0.717, 1.165) is 17.5 Å². The molecule has 24 heavy (non-hydrogen) atoms. The number of rotatable bonds is 5. The van der Waals surface area contributed by atoms with E-state index in [1.54, 1.807) is 11.0 Å². The van der Waals surface area contributed by atoms with Crippen LogP contribution in [-0.4, -0.2) is 26.9 Å². The van der Waals surface area contributed by atoms with Crippen LogP contribution in [-0.2, 0) is 11.2 Å². The highest BCUT2D eigenvalue weighted by Gasteiger charge is 2.42. The third-order valence-electron chi connectivity index (χ3n) is 5.69. The van der Waals surface area contributed by atoms with Gasteiger partial charge >= 0.3 is 0 Å². The van der Waals surface area contributed by atoms with E-state index in [1.807, 2.05) is 30.3 Å².